The van der Waals surface area contributed by atoms with Crippen molar-refractivity contribution in [3.8, 4) is 11.5 Å². The molecule has 0 bridgehead atoms. The second-order valence-corrected chi connectivity index (χ2v) is 35.1. The maximum absolute atomic E-state index is 13.0. The Morgan fingerprint density at radius 2 is 0.876 bits per heavy atom. The molecular formula is C86H112BF3N3O10SY-. The second kappa shape index (κ2) is 32.8. The summed E-state index contributed by atoms with van der Waals surface area (Å²) in [6, 6.07) is 30.9. The third-order valence-electron chi connectivity index (χ3n) is 24.2. The number of fused-ring (bicyclic) bond motifs is 3. The van der Waals surface area contributed by atoms with Gasteiger partial charge in [-0.15, -0.1) is 13.1 Å². The minimum atomic E-state index is -5.75. The largest absolute Gasteiger partial charge is 0.662 e. The number of benzene rings is 6. The molecule has 105 heavy (non-hydrogen) atoms. The monoisotopic (exact) mass is 1540 g/mol. The Labute approximate surface area is 649 Å². The normalized spacial score (nSPS) is 20.4. The van der Waals surface area contributed by atoms with E-state index >= 15 is 0 Å². The van der Waals surface area contributed by atoms with Crippen molar-refractivity contribution in [3.05, 3.63) is 196 Å². The molecule has 3 unspecified atom stereocenters. The molecule has 1 radical (unpaired) electrons. The average Bonchev–Trinajstić information content (AvgIpc) is 1.62. The molecule has 0 aromatic heterocycles. The Hall–Kier alpha value is -5.75. The number of likely N-dealkylation sites (tertiary alicyclic amines) is 2. The topological polar surface area (TPSA) is 155 Å². The SMILES string of the molecule is Cc1c(CC2CCc3cccc(B4OC(C)(C)C(C)(C)O4)c32)ccc(C2CCN(C(=O)OC(C)(C)C)CC2)c1C.Cc1c(CC2CCc3cccc(O)c32)ccc(C2CC[N-]CC2)c1C.Cc1c(CC2CCc3cccc(OS(=O)(=O)C(F)(F)F)c32)ccc(C2CCN(C(=O)OC(C)(C)C)CC2)c1C.[Y]. The Morgan fingerprint density at radius 1 is 0.514 bits per heavy atom. The number of aryl methyl sites for hydroxylation is 3. The molecule has 4 heterocycles. The van der Waals surface area contributed by atoms with Crippen LogP contribution in [0.3, 0.4) is 0 Å². The van der Waals surface area contributed by atoms with Crippen LogP contribution in [0.25, 0.3) is 5.32 Å². The van der Waals surface area contributed by atoms with Gasteiger partial charge in [0.1, 0.15) is 22.7 Å². The van der Waals surface area contributed by atoms with E-state index in [1.165, 1.54) is 108 Å². The number of nitrogens with zero attached hydrogens (tertiary/aromatic N) is 3. The fraction of sp³-hybridized carbons (Fsp3) is 0.558. The first-order valence-electron chi connectivity index (χ1n) is 38.2. The van der Waals surface area contributed by atoms with E-state index in [1.807, 2.05) is 64.6 Å². The smallest absolute Gasteiger partial charge is 0.534 e. The Kier molecular flexibility index (Phi) is 25.6. The molecular weight excluding hydrogens is 1420 g/mol. The summed E-state index contributed by atoms with van der Waals surface area (Å²) in [6.07, 6.45) is 14.1. The summed E-state index contributed by atoms with van der Waals surface area (Å²) in [5, 5.41) is 14.8. The van der Waals surface area contributed by atoms with Gasteiger partial charge < -0.3 is 43.2 Å². The van der Waals surface area contributed by atoms with Crippen LogP contribution in [-0.2, 0) is 100 Å². The quantitative estimate of drug-likeness (QED) is 0.0711. The van der Waals surface area contributed by atoms with E-state index in [2.05, 4.69) is 139 Å². The zero-order chi connectivity index (χ0) is 75.2. The molecule has 6 aromatic rings. The number of phenolic OH excluding ortho intramolecular Hbond substituents is 1. The van der Waals surface area contributed by atoms with E-state index < -0.39 is 26.8 Å². The van der Waals surface area contributed by atoms with Crippen LogP contribution in [0.5, 0.6) is 11.5 Å². The van der Waals surface area contributed by atoms with Crippen molar-refractivity contribution < 1.29 is 92.0 Å². The van der Waals surface area contributed by atoms with Crippen LogP contribution in [0.15, 0.2) is 91.0 Å². The molecule has 19 heteroatoms. The number of phenols is 1. The maximum atomic E-state index is 13.0. The molecule has 13 nitrogen and oxygen atoms in total. The zero-order valence-corrected chi connectivity index (χ0v) is 68.8. The van der Waals surface area contributed by atoms with Crippen molar-refractivity contribution in [2.24, 2.45) is 0 Å². The molecule has 0 spiro atoms. The van der Waals surface area contributed by atoms with Crippen LogP contribution in [0.2, 0.25) is 0 Å². The van der Waals surface area contributed by atoms with Crippen molar-refractivity contribution in [1.29, 1.82) is 0 Å². The molecule has 6 aromatic carbocycles. The number of amides is 2. The number of ether oxygens (including phenoxy) is 2. The molecule has 0 saturated carbocycles. The van der Waals surface area contributed by atoms with E-state index in [0.717, 1.165) is 107 Å². The first kappa shape index (κ1) is 81.8. The van der Waals surface area contributed by atoms with E-state index in [9.17, 15) is 36.3 Å². The van der Waals surface area contributed by atoms with Gasteiger partial charge in [-0.1, -0.05) is 91.7 Å². The third kappa shape index (κ3) is 18.6. The summed E-state index contributed by atoms with van der Waals surface area (Å²) < 4.78 is 91.1. The first-order chi connectivity index (χ1) is 48.9. The van der Waals surface area contributed by atoms with Gasteiger partial charge in [0.25, 0.3) is 0 Å². The number of aromatic hydroxyl groups is 1. The summed E-state index contributed by atoms with van der Waals surface area (Å²) in [7, 11) is -6.07. The zero-order valence-electron chi connectivity index (χ0n) is 65.1. The molecule has 7 aliphatic rings. The number of piperidine rings is 3. The van der Waals surface area contributed by atoms with Crippen molar-refractivity contribution in [3.63, 3.8) is 0 Å². The molecule has 4 aliphatic heterocycles. The van der Waals surface area contributed by atoms with Gasteiger partial charge >= 0.3 is 34.9 Å². The van der Waals surface area contributed by atoms with Crippen LogP contribution in [0.4, 0.5) is 22.8 Å². The summed E-state index contributed by atoms with van der Waals surface area (Å²) >= 11 is 0. The van der Waals surface area contributed by atoms with E-state index in [1.54, 1.807) is 4.90 Å². The molecule has 4 fully saturated rings. The summed E-state index contributed by atoms with van der Waals surface area (Å²) in [5.74, 6) is 2.49. The number of carbonyl (C=O) groups excluding carboxylic acids is 2. The minimum Gasteiger partial charge on any atom is -0.662 e. The van der Waals surface area contributed by atoms with Crippen molar-refractivity contribution in [2.75, 3.05) is 39.3 Å². The van der Waals surface area contributed by atoms with Crippen molar-refractivity contribution in [2.45, 2.75) is 271 Å². The van der Waals surface area contributed by atoms with Gasteiger partial charge in [0.15, 0.2) is 0 Å². The average molecular weight is 1540 g/mol. The van der Waals surface area contributed by atoms with Gasteiger partial charge in [-0.25, -0.2) is 9.59 Å². The van der Waals surface area contributed by atoms with Gasteiger partial charge in [0.2, 0.25) is 0 Å². The predicted molar refractivity (Wildman–Crippen MR) is 409 cm³/mol. The van der Waals surface area contributed by atoms with E-state index in [4.69, 9.17) is 18.8 Å². The number of halogens is 3. The number of rotatable bonds is 12. The fourth-order valence-corrected chi connectivity index (χ4v) is 17.8. The van der Waals surface area contributed by atoms with Gasteiger partial charge in [0.05, 0.1) is 11.2 Å². The Bertz CT molecular complexity index is 4220. The second-order valence-electron chi connectivity index (χ2n) is 33.6. The molecule has 4 saturated heterocycles. The summed E-state index contributed by atoms with van der Waals surface area (Å²) in [6.45, 7) is 37.9. The number of carbonyl (C=O) groups is 2. The van der Waals surface area contributed by atoms with Crippen LogP contribution < -0.4 is 9.65 Å². The van der Waals surface area contributed by atoms with Crippen molar-refractivity contribution in [1.82, 2.24) is 9.80 Å². The Balaban J connectivity index is 0.000000172. The third-order valence-corrected chi connectivity index (χ3v) is 25.1. The maximum Gasteiger partial charge on any atom is 0.534 e. The first-order valence-corrected chi connectivity index (χ1v) is 39.6. The van der Waals surface area contributed by atoms with Crippen LogP contribution >= 0.6 is 0 Å². The fourth-order valence-electron chi connectivity index (χ4n) is 17.3. The van der Waals surface area contributed by atoms with E-state index in [0.29, 0.717) is 73.3 Å². The standard InChI is InChI=1S/C34H48BNO4.C29H36F3NO5S.C23H28NO.Y/c1-22-23(2)28(24-17-19-36(20-18-24)31(37)38-32(3,4)5)16-15-26(22)21-27-14-13-25-11-10-12-29(30(25)27)35-39-33(6,7)34(8,9)40-35;1-18-19(2)24(20-13-15-33(16-14-20)27(34)37-28(3,4)5)12-11-22(18)17-23-10-9-21-7-6-8-25(26(21)23)38-39(35,36)29(30,31)32;1-15-16(2)21(17-10-12-24-13-11-17)9-8-19(15)14-20-7-6-18-4-3-5-22(25)23(18)20;/h10-12,15-16,24,27H,13-14,17-21H2,1-9H3;6-8,11-12,20,23H,9-10,13-17H2,1-5H3;3-5,8-9,17,20,25H,6-7,10-14H2,1-2H3;/q;;-1;. The van der Waals surface area contributed by atoms with Gasteiger partial charge in [-0.2, -0.15) is 21.6 Å². The molecule has 3 aliphatic carbocycles. The van der Waals surface area contributed by atoms with Crippen LogP contribution in [0, 0.1) is 41.5 Å². The van der Waals surface area contributed by atoms with Crippen molar-refractivity contribution >= 4 is 34.9 Å². The molecule has 3 atom stereocenters. The molecule has 1 N–H and O–H groups in total. The van der Waals surface area contributed by atoms with Crippen LogP contribution in [-0.4, -0.2) is 110 Å². The van der Waals surface area contributed by atoms with Gasteiger partial charge in [-0.3, -0.25) is 0 Å². The molecule has 13 rings (SSSR count). The molecule has 2 amide bonds. The summed E-state index contributed by atoms with van der Waals surface area (Å²) in [4.78, 5) is 28.6. The number of alkyl halides is 3. The summed E-state index contributed by atoms with van der Waals surface area (Å²) in [5.41, 5.74) is 17.0. The number of hydrogen-bond acceptors (Lipinski definition) is 10. The van der Waals surface area contributed by atoms with E-state index in [-0.39, 0.29) is 74.9 Å². The number of hydrogen-bond donors (Lipinski definition) is 1. The predicted octanol–water partition coefficient (Wildman–Crippen LogP) is 19.4. The molecule has 565 valence electrons. The van der Waals surface area contributed by atoms with Gasteiger partial charge in [0, 0.05) is 70.0 Å². The Morgan fingerprint density at radius 3 is 1.29 bits per heavy atom. The van der Waals surface area contributed by atoms with Gasteiger partial charge in [-0.05, 0) is 336 Å². The van der Waals surface area contributed by atoms with Crippen LogP contribution in [0.1, 0.15) is 263 Å². The minimum absolute atomic E-state index is 0.